The third-order valence-electron chi connectivity index (χ3n) is 2.89. The summed E-state index contributed by atoms with van der Waals surface area (Å²) in [5, 5.41) is 10.2. The number of fused-ring (bicyclic) bond motifs is 1. The molecule has 17 heavy (non-hydrogen) atoms. The van der Waals surface area contributed by atoms with Crippen LogP contribution in [0.4, 0.5) is 0 Å². The Kier molecular flexibility index (Phi) is 2.91. The van der Waals surface area contributed by atoms with E-state index in [0.29, 0.717) is 10.2 Å². The van der Waals surface area contributed by atoms with Crippen LogP contribution in [-0.4, -0.2) is 16.1 Å². The molecule has 0 atom stereocenters. The van der Waals surface area contributed by atoms with Crippen LogP contribution in [0.5, 0.6) is 0 Å². The Morgan fingerprint density at radius 1 is 1.35 bits per heavy atom. The Morgan fingerprint density at radius 3 is 2.65 bits per heavy atom. The van der Waals surface area contributed by atoms with Gasteiger partial charge in [-0.15, -0.1) is 0 Å². The van der Waals surface area contributed by atoms with Gasteiger partial charge in [0.15, 0.2) is 0 Å². The van der Waals surface area contributed by atoms with Gasteiger partial charge in [0.05, 0.1) is 10.9 Å². The third kappa shape index (κ3) is 2.05. The minimum Gasteiger partial charge on any atom is -0.481 e. The predicted molar refractivity (Wildman–Crippen MR) is 70.1 cm³/mol. The number of carboxylic acids is 1. The summed E-state index contributed by atoms with van der Waals surface area (Å²) in [6.45, 7) is 3.34. The number of carboxylic acid groups (broad SMARTS) is 1. The van der Waals surface area contributed by atoms with Crippen molar-refractivity contribution in [3.05, 3.63) is 40.5 Å². The smallest absolute Gasteiger partial charge is 0.313 e. The minimum atomic E-state index is -0.962. The van der Waals surface area contributed by atoms with Crippen molar-refractivity contribution in [3.8, 4) is 0 Å². The molecule has 1 aromatic carbocycles. The van der Waals surface area contributed by atoms with Crippen molar-refractivity contribution in [2.75, 3.05) is 0 Å². The molecule has 88 valence electrons. The number of para-hydroxylation sites is 1. The van der Waals surface area contributed by atoms with Crippen molar-refractivity contribution in [1.82, 2.24) is 4.98 Å². The first-order valence-electron chi connectivity index (χ1n) is 5.22. The van der Waals surface area contributed by atoms with Crippen molar-refractivity contribution in [1.29, 1.82) is 0 Å². The zero-order chi connectivity index (χ0) is 12.6. The Labute approximate surface area is 108 Å². The number of nitrogens with zero attached hydrogens (tertiary/aromatic N) is 1. The quantitative estimate of drug-likeness (QED) is 0.864. The molecule has 0 aliphatic carbocycles. The molecule has 2 rings (SSSR count). The largest absolute Gasteiger partial charge is 0.481 e. The van der Waals surface area contributed by atoms with Crippen LogP contribution in [-0.2, 0) is 10.2 Å². The summed E-state index contributed by atoms with van der Waals surface area (Å²) < 4.78 is 0.587. The second-order valence-corrected chi connectivity index (χ2v) is 5.20. The van der Waals surface area contributed by atoms with Crippen LogP contribution in [0.25, 0.3) is 10.9 Å². The molecule has 2 aromatic rings. The maximum atomic E-state index is 11.3. The zero-order valence-electron chi connectivity index (χ0n) is 9.57. The predicted octanol–water partition coefficient (Wildman–Crippen LogP) is 3.36. The van der Waals surface area contributed by atoms with Gasteiger partial charge in [0, 0.05) is 10.9 Å². The summed E-state index contributed by atoms with van der Waals surface area (Å²) in [5.74, 6) is -0.865. The van der Waals surface area contributed by atoms with Crippen molar-refractivity contribution in [2.24, 2.45) is 0 Å². The third-order valence-corrected chi connectivity index (χ3v) is 3.49. The number of halogens is 1. The number of pyridine rings is 1. The van der Waals surface area contributed by atoms with E-state index in [9.17, 15) is 9.90 Å². The number of hydrogen-bond acceptors (Lipinski definition) is 2. The number of rotatable bonds is 2. The second kappa shape index (κ2) is 4.11. The molecule has 0 amide bonds. The monoisotopic (exact) mass is 293 g/mol. The molecule has 1 aromatic heterocycles. The molecule has 0 radical (unpaired) electrons. The fraction of sp³-hybridized carbons (Fsp3) is 0.231. The lowest BCUT2D eigenvalue weighted by Gasteiger charge is -2.21. The second-order valence-electron chi connectivity index (χ2n) is 4.45. The zero-order valence-corrected chi connectivity index (χ0v) is 11.2. The van der Waals surface area contributed by atoms with Crippen LogP contribution in [0.15, 0.2) is 34.9 Å². The first kappa shape index (κ1) is 12.0. The van der Waals surface area contributed by atoms with E-state index in [1.54, 1.807) is 13.8 Å². The Hall–Kier alpha value is -1.42. The van der Waals surface area contributed by atoms with E-state index in [1.165, 1.54) is 0 Å². The van der Waals surface area contributed by atoms with E-state index >= 15 is 0 Å². The maximum absolute atomic E-state index is 11.3. The van der Waals surface area contributed by atoms with Crippen molar-refractivity contribution in [3.63, 3.8) is 0 Å². The van der Waals surface area contributed by atoms with E-state index in [1.807, 2.05) is 30.3 Å². The highest BCUT2D eigenvalue weighted by atomic mass is 79.9. The molecule has 0 bridgehead atoms. The molecule has 3 nitrogen and oxygen atoms in total. The summed E-state index contributed by atoms with van der Waals surface area (Å²) >= 11 is 3.35. The highest BCUT2D eigenvalue weighted by molar-refractivity contribution is 9.10. The fourth-order valence-corrected chi connectivity index (χ4v) is 2.45. The molecular formula is C13H12BrNO2. The average molecular weight is 294 g/mol. The number of hydrogen-bond donors (Lipinski definition) is 1. The lowest BCUT2D eigenvalue weighted by atomic mass is 9.85. The highest BCUT2D eigenvalue weighted by Gasteiger charge is 2.32. The summed E-state index contributed by atoms with van der Waals surface area (Å²) in [6, 6.07) is 9.52. The van der Waals surface area contributed by atoms with Crippen molar-refractivity contribution < 1.29 is 9.90 Å². The first-order chi connectivity index (χ1) is 7.93. The van der Waals surface area contributed by atoms with E-state index in [2.05, 4.69) is 20.9 Å². The molecule has 0 saturated heterocycles. The lowest BCUT2D eigenvalue weighted by Crippen LogP contribution is -2.29. The van der Waals surface area contributed by atoms with Crippen LogP contribution in [0, 0.1) is 0 Å². The van der Waals surface area contributed by atoms with Gasteiger partial charge < -0.3 is 5.11 Å². The van der Waals surface area contributed by atoms with E-state index in [4.69, 9.17) is 0 Å². The van der Waals surface area contributed by atoms with Gasteiger partial charge in [-0.2, -0.15) is 0 Å². The molecule has 1 heterocycles. The molecular weight excluding hydrogens is 282 g/mol. The Morgan fingerprint density at radius 2 is 2.00 bits per heavy atom. The van der Waals surface area contributed by atoms with Crippen LogP contribution >= 0.6 is 15.9 Å². The van der Waals surface area contributed by atoms with Crippen LogP contribution in [0.1, 0.15) is 19.4 Å². The van der Waals surface area contributed by atoms with Crippen LogP contribution < -0.4 is 0 Å². The van der Waals surface area contributed by atoms with Gasteiger partial charge in [0.25, 0.3) is 0 Å². The van der Waals surface area contributed by atoms with E-state index in [-0.39, 0.29) is 0 Å². The van der Waals surface area contributed by atoms with Gasteiger partial charge in [-0.25, -0.2) is 4.98 Å². The number of benzene rings is 1. The number of carbonyl (C=O) groups is 1. The molecule has 0 aliphatic rings. The molecule has 1 N–H and O–H groups in total. The molecule has 0 spiro atoms. The number of aliphatic carboxylic acids is 1. The fourth-order valence-electron chi connectivity index (χ4n) is 1.65. The molecule has 0 unspecified atom stereocenters. The van der Waals surface area contributed by atoms with Gasteiger partial charge in [0.2, 0.25) is 0 Å². The molecule has 0 saturated carbocycles. The standard InChI is InChI=1S/C13H12BrNO2/c1-13(2,12(16)17)9-7-8-5-3-4-6-10(8)15-11(9)14/h3-7H,1-2H3,(H,16,17). The van der Waals surface area contributed by atoms with Crippen molar-refractivity contribution >= 4 is 32.8 Å². The van der Waals surface area contributed by atoms with Gasteiger partial charge in [0.1, 0.15) is 4.60 Å². The van der Waals surface area contributed by atoms with E-state index in [0.717, 1.165) is 10.9 Å². The van der Waals surface area contributed by atoms with Gasteiger partial charge >= 0.3 is 5.97 Å². The molecule has 0 aliphatic heterocycles. The normalized spacial score (nSPS) is 11.7. The first-order valence-corrected chi connectivity index (χ1v) is 6.01. The summed E-state index contributed by atoms with van der Waals surface area (Å²) in [7, 11) is 0. The summed E-state index contributed by atoms with van der Waals surface area (Å²) in [4.78, 5) is 15.6. The lowest BCUT2D eigenvalue weighted by molar-refractivity contribution is -0.142. The summed E-state index contributed by atoms with van der Waals surface area (Å²) in [6.07, 6.45) is 0. The van der Waals surface area contributed by atoms with Crippen molar-refractivity contribution in [2.45, 2.75) is 19.3 Å². The van der Waals surface area contributed by atoms with Crippen LogP contribution in [0.2, 0.25) is 0 Å². The van der Waals surface area contributed by atoms with Gasteiger partial charge in [-0.05, 0) is 41.9 Å². The van der Waals surface area contributed by atoms with Gasteiger partial charge in [-0.1, -0.05) is 18.2 Å². The minimum absolute atomic E-state index is 0.587. The highest BCUT2D eigenvalue weighted by Crippen LogP contribution is 2.31. The SMILES string of the molecule is CC(C)(C(=O)O)c1cc2ccccc2nc1Br. The van der Waals surface area contributed by atoms with E-state index < -0.39 is 11.4 Å². The van der Waals surface area contributed by atoms with Crippen LogP contribution in [0.3, 0.4) is 0 Å². The Bertz CT molecular complexity index is 593. The number of aromatic nitrogens is 1. The summed E-state index contributed by atoms with van der Waals surface area (Å²) in [5.41, 5.74) is 0.573. The Balaban J connectivity index is 2.70. The maximum Gasteiger partial charge on any atom is 0.313 e. The van der Waals surface area contributed by atoms with Gasteiger partial charge in [-0.3, -0.25) is 4.79 Å². The molecule has 0 fully saturated rings. The topological polar surface area (TPSA) is 50.2 Å². The average Bonchev–Trinajstić information content (AvgIpc) is 2.27. The molecule has 4 heteroatoms.